The molecule has 0 bridgehead atoms. The van der Waals surface area contributed by atoms with Crippen LogP contribution < -0.4 is 4.74 Å². The Labute approximate surface area is 120 Å². The van der Waals surface area contributed by atoms with Gasteiger partial charge in [0.1, 0.15) is 5.75 Å². The summed E-state index contributed by atoms with van der Waals surface area (Å²) >= 11 is 0. The van der Waals surface area contributed by atoms with Crippen LogP contribution in [0.3, 0.4) is 0 Å². The Morgan fingerprint density at radius 2 is 1.85 bits per heavy atom. The second-order valence-corrected chi connectivity index (χ2v) is 4.86. The van der Waals surface area contributed by atoms with Gasteiger partial charge in [0.05, 0.1) is 13.2 Å². The Balaban J connectivity index is 2.96. The number of rotatable bonds is 7. The maximum atomic E-state index is 11.9. The monoisotopic (exact) mass is 280 g/mol. The lowest BCUT2D eigenvalue weighted by molar-refractivity contribution is -0.151. The van der Waals surface area contributed by atoms with Crippen LogP contribution in [0.25, 0.3) is 0 Å². The molecule has 20 heavy (non-hydrogen) atoms. The summed E-state index contributed by atoms with van der Waals surface area (Å²) in [6, 6.07) is 3.74. The smallest absolute Gasteiger partial charge is 0.347 e. The number of hydrogen-bond acceptors (Lipinski definition) is 4. The standard InChI is InChI=1S/C16H24O4/c1-5-7-14(16(18)19-6-2)20-15-11(3)8-13(10-17)9-12(15)4/h8-9,14,17H,5-7,10H2,1-4H3. The van der Waals surface area contributed by atoms with Crippen molar-refractivity contribution in [3.05, 3.63) is 28.8 Å². The summed E-state index contributed by atoms with van der Waals surface area (Å²) in [6.07, 6.45) is 0.896. The third kappa shape index (κ3) is 4.23. The molecule has 0 saturated heterocycles. The van der Waals surface area contributed by atoms with E-state index >= 15 is 0 Å². The van der Waals surface area contributed by atoms with Crippen molar-refractivity contribution in [3.8, 4) is 5.75 Å². The van der Waals surface area contributed by atoms with Crippen LogP contribution in [0.15, 0.2) is 12.1 Å². The van der Waals surface area contributed by atoms with Crippen LogP contribution in [0, 0.1) is 13.8 Å². The molecule has 0 amide bonds. The van der Waals surface area contributed by atoms with Gasteiger partial charge in [-0.25, -0.2) is 4.79 Å². The van der Waals surface area contributed by atoms with Gasteiger partial charge in [-0.3, -0.25) is 0 Å². The van der Waals surface area contributed by atoms with E-state index in [1.807, 2.05) is 32.9 Å². The minimum atomic E-state index is -0.572. The van der Waals surface area contributed by atoms with E-state index in [9.17, 15) is 9.90 Å². The van der Waals surface area contributed by atoms with Gasteiger partial charge >= 0.3 is 5.97 Å². The summed E-state index contributed by atoms with van der Waals surface area (Å²) in [4.78, 5) is 11.9. The number of ether oxygens (including phenoxy) is 2. The largest absolute Gasteiger partial charge is 0.478 e. The van der Waals surface area contributed by atoms with E-state index in [4.69, 9.17) is 9.47 Å². The van der Waals surface area contributed by atoms with Gasteiger partial charge in [-0.15, -0.1) is 0 Å². The van der Waals surface area contributed by atoms with Crippen LogP contribution in [-0.2, 0) is 16.1 Å². The maximum absolute atomic E-state index is 11.9. The molecule has 1 N–H and O–H groups in total. The van der Waals surface area contributed by atoms with Gasteiger partial charge in [0, 0.05) is 0 Å². The van der Waals surface area contributed by atoms with Crippen molar-refractivity contribution in [1.29, 1.82) is 0 Å². The average Bonchev–Trinajstić information content (AvgIpc) is 2.41. The second-order valence-electron chi connectivity index (χ2n) is 4.86. The minimum absolute atomic E-state index is 0.00176. The summed E-state index contributed by atoms with van der Waals surface area (Å²) in [5.41, 5.74) is 2.68. The van der Waals surface area contributed by atoms with Crippen molar-refractivity contribution < 1.29 is 19.4 Å². The van der Waals surface area contributed by atoms with Gasteiger partial charge in [-0.1, -0.05) is 25.5 Å². The highest BCUT2D eigenvalue weighted by molar-refractivity contribution is 5.75. The Hall–Kier alpha value is -1.55. The molecule has 4 nitrogen and oxygen atoms in total. The molecule has 112 valence electrons. The summed E-state index contributed by atoms with van der Waals surface area (Å²) in [5.74, 6) is 0.382. The predicted molar refractivity (Wildman–Crippen MR) is 77.8 cm³/mol. The molecule has 1 aromatic rings. The third-order valence-electron chi connectivity index (χ3n) is 3.06. The zero-order valence-corrected chi connectivity index (χ0v) is 12.7. The van der Waals surface area contributed by atoms with Crippen LogP contribution in [0.5, 0.6) is 5.75 Å². The fraction of sp³-hybridized carbons (Fsp3) is 0.562. The molecule has 1 unspecified atom stereocenters. The number of carbonyl (C=O) groups excluding carboxylic acids is 1. The topological polar surface area (TPSA) is 55.8 Å². The lowest BCUT2D eigenvalue weighted by Gasteiger charge is -2.20. The van der Waals surface area contributed by atoms with Crippen molar-refractivity contribution in [1.82, 2.24) is 0 Å². The van der Waals surface area contributed by atoms with Gasteiger partial charge in [-0.05, 0) is 43.9 Å². The molecule has 0 fully saturated rings. The highest BCUT2D eigenvalue weighted by Gasteiger charge is 2.22. The second kappa shape index (κ2) is 7.90. The van der Waals surface area contributed by atoms with Gasteiger partial charge in [0.2, 0.25) is 0 Å². The van der Waals surface area contributed by atoms with Crippen molar-refractivity contribution in [2.24, 2.45) is 0 Å². The number of esters is 1. The van der Waals surface area contributed by atoms with Crippen molar-refractivity contribution in [3.63, 3.8) is 0 Å². The van der Waals surface area contributed by atoms with Crippen LogP contribution in [0.2, 0.25) is 0 Å². The van der Waals surface area contributed by atoms with Crippen LogP contribution >= 0.6 is 0 Å². The van der Waals surface area contributed by atoms with Crippen molar-refractivity contribution in [2.45, 2.75) is 53.2 Å². The Kier molecular flexibility index (Phi) is 6.52. The van der Waals surface area contributed by atoms with Crippen LogP contribution in [-0.4, -0.2) is 23.8 Å². The molecule has 0 spiro atoms. The van der Waals surface area contributed by atoms with Gasteiger partial charge < -0.3 is 14.6 Å². The molecule has 4 heteroatoms. The van der Waals surface area contributed by atoms with Crippen molar-refractivity contribution in [2.75, 3.05) is 6.61 Å². The average molecular weight is 280 g/mol. The molecule has 0 aliphatic carbocycles. The van der Waals surface area contributed by atoms with Crippen molar-refractivity contribution >= 4 is 5.97 Å². The lowest BCUT2D eigenvalue weighted by atomic mass is 10.1. The Morgan fingerprint density at radius 3 is 2.30 bits per heavy atom. The first kappa shape index (κ1) is 16.5. The number of aliphatic hydroxyl groups excluding tert-OH is 1. The molecule has 0 aromatic heterocycles. The highest BCUT2D eigenvalue weighted by atomic mass is 16.6. The van der Waals surface area contributed by atoms with Crippen LogP contribution in [0.4, 0.5) is 0 Å². The summed E-state index contributed by atoms with van der Waals surface area (Å²) in [6.45, 7) is 7.96. The van der Waals surface area contributed by atoms with E-state index < -0.39 is 6.10 Å². The van der Waals surface area contributed by atoms with E-state index in [1.165, 1.54) is 0 Å². The molecule has 0 aliphatic heterocycles. The molecule has 1 aromatic carbocycles. The summed E-state index contributed by atoms with van der Waals surface area (Å²) in [7, 11) is 0. The number of aryl methyl sites for hydroxylation is 2. The molecule has 0 saturated carbocycles. The number of benzene rings is 1. The molecule has 0 radical (unpaired) electrons. The highest BCUT2D eigenvalue weighted by Crippen LogP contribution is 2.27. The van der Waals surface area contributed by atoms with Gasteiger partial charge in [-0.2, -0.15) is 0 Å². The van der Waals surface area contributed by atoms with Gasteiger partial charge in [0.15, 0.2) is 6.10 Å². The molecule has 1 rings (SSSR count). The van der Waals surface area contributed by atoms with E-state index in [0.29, 0.717) is 18.8 Å². The first-order valence-electron chi connectivity index (χ1n) is 7.07. The minimum Gasteiger partial charge on any atom is -0.478 e. The molecular formula is C16H24O4. The molecule has 1 atom stereocenters. The predicted octanol–water partition coefficient (Wildman–Crippen LogP) is 2.91. The quantitative estimate of drug-likeness (QED) is 0.780. The maximum Gasteiger partial charge on any atom is 0.347 e. The van der Waals surface area contributed by atoms with Gasteiger partial charge in [0.25, 0.3) is 0 Å². The number of carbonyl (C=O) groups is 1. The Morgan fingerprint density at radius 1 is 1.25 bits per heavy atom. The SMILES string of the molecule is CCCC(Oc1c(C)cc(CO)cc1C)C(=O)OCC. The molecule has 0 heterocycles. The summed E-state index contributed by atoms with van der Waals surface area (Å²) < 4.78 is 10.9. The fourth-order valence-electron chi connectivity index (χ4n) is 2.18. The zero-order chi connectivity index (χ0) is 15.1. The fourth-order valence-corrected chi connectivity index (χ4v) is 2.18. The normalized spacial score (nSPS) is 12.1. The third-order valence-corrected chi connectivity index (χ3v) is 3.06. The van der Waals surface area contributed by atoms with E-state index in [1.54, 1.807) is 6.92 Å². The van der Waals surface area contributed by atoms with E-state index in [-0.39, 0.29) is 12.6 Å². The molecule has 0 aliphatic rings. The first-order chi connectivity index (χ1) is 9.53. The zero-order valence-electron chi connectivity index (χ0n) is 12.7. The number of hydrogen-bond donors (Lipinski definition) is 1. The molecular weight excluding hydrogens is 256 g/mol. The van der Waals surface area contributed by atoms with Crippen LogP contribution in [0.1, 0.15) is 43.4 Å². The Bertz CT molecular complexity index is 431. The van der Waals surface area contributed by atoms with E-state index in [2.05, 4.69) is 0 Å². The lowest BCUT2D eigenvalue weighted by Crippen LogP contribution is -2.29. The van der Waals surface area contributed by atoms with E-state index in [0.717, 1.165) is 23.1 Å². The number of aliphatic hydroxyl groups is 1. The first-order valence-corrected chi connectivity index (χ1v) is 7.07. The summed E-state index contributed by atoms with van der Waals surface area (Å²) in [5, 5.41) is 9.19.